The lowest BCUT2D eigenvalue weighted by atomic mass is 10.1. The molecular weight excluding hydrogens is 404 g/mol. The summed E-state index contributed by atoms with van der Waals surface area (Å²) in [7, 11) is -3.98. The smallest absolute Gasteiger partial charge is 0.239 e. The van der Waals surface area contributed by atoms with Crippen LogP contribution >= 0.6 is 0 Å². The maximum absolute atomic E-state index is 13.4. The van der Waals surface area contributed by atoms with Crippen molar-refractivity contribution in [1.82, 2.24) is 0 Å². The van der Waals surface area contributed by atoms with E-state index in [0.29, 0.717) is 18.1 Å². The normalized spacial score (nSPS) is 16.9. The van der Waals surface area contributed by atoms with Crippen LogP contribution in [-0.4, -0.2) is 26.8 Å². The number of carbonyl (C=O) groups excluding carboxylic acids is 2. The Morgan fingerprint density at radius 3 is 2.45 bits per heavy atom. The highest BCUT2D eigenvalue weighted by Gasteiger charge is 2.38. The molecule has 1 heterocycles. The van der Waals surface area contributed by atoms with Gasteiger partial charge >= 0.3 is 0 Å². The average Bonchev–Trinajstić information content (AvgIpc) is 3.01. The van der Waals surface area contributed by atoms with Crippen LogP contribution in [0.25, 0.3) is 0 Å². The molecule has 0 radical (unpaired) electrons. The van der Waals surface area contributed by atoms with Crippen LogP contribution in [0.1, 0.15) is 18.9 Å². The lowest BCUT2D eigenvalue weighted by Gasteiger charge is -2.17. The summed E-state index contributed by atoms with van der Waals surface area (Å²) in [6.07, 6.45) is 0.581. The number of primary sulfonamides is 1. The van der Waals surface area contributed by atoms with E-state index in [-0.39, 0.29) is 29.2 Å². The summed E-state index contributed by atoms with van der Waals surface area (Å²) in [5.41, 5.74) is 0.715. The van der Waals surface area contributed by atoms with Crippen molar-refractivity contribution in [2.24, 2.45) is 11.1 Å². The van der Waals surface area contributed by atoms with Crippen LogP contribution in [-0.2, 0) is 26.0 Å². The first kappa shape index (κ1) is 20.9. The molecule has 2 aromatic carbocycles. The molecule has 10 heteroatoms. The highest BCUT2D eigenvalue weighted by atomic mass is 32.2. The van der Waals surface area contributed by atoms with E-state index in [1.165, 1.54) is 18.2 Å². The highest BCUT2D eigenvalue weighted by Crippen LogP contribution is 2.28. The molecule has 29 heavy (non-hydrogen) atoms. The third kappa shape index (κ3) is 4.43. The Hall–Kier alpha value is -2.85. The van der Waals surface area contributed by atoms with Gasteiger partial charge in [-0.25, -0.2) is 22.3 Å². The van der Waals surface area contributed by atoms with Gasteiger partial charge < -0.3 is 10.2 Å². The molecule has 1 fully saturated rings. The Morgan fingerprint density at radius 1 is 1.21 bits per heavy atom. The summed E-state index contributed by atoms with van der Waals surface area (Å²) in [6.45, 7) is 1.89. The van der Waals surface area contributed by atoms with Gasteiger partial charge in [-0.15, -0.1) is 0 Å². The third-order valence-corrected chi connectivity index (χ3v) is 5.70. The zero-order valence-corrected chi connectivity index (χ0v) is 16.3. The molecular formula is C19H19F2N3O4S. The Labute approximate surface area is 166 Å². The monoisotopic (exact) mass is 423 g/mol. The Morgan fingerprint density at radius 2 is 1.86 bits per heavy atom. The molecule has 1 aliphatic heterocycles. The van der Waals surface area contributed by atoms with Gasteiger partial charge in [-0.2, -0.15) is 0 Å². The molecule has 0 spiro atoms. The summed E-state index contributed by atoms with van der Waals surface area (Å²) < 4.78 is 50.4. The molecule has 0 bridgehead atoms. The second kappa shape index (κ2) is 7.88. The number of nitrogens with one attached hydrogen (secondary N) is 1. The van der Waals surface area contributed by atoms with Crippen molar-refractivity contribution in [1.29, 1.82) is 0 Å². The number of anilines is 2. The number of hydrogen-bond donors (Lipinski definition) is 2. The second-order valence-corrected chi connectivity index (χ2v) is 8.20. The SMILES string of the molecule is CCc1ccc(NC(=O)C2CCN(c3cc(F)cc(F)c3)C2=O)cc1S(N)(=O)=O. The first-order valence-electron chi connectivity index (χ1n) is 8.84. The number of benzene rings is 2. The Balaban J connectivity index is 1.79. The van der Waals surface area contributed by atoms with Crippen molar-refractivity contribution in [2.45, 2.75) is 24.7 Å². The van der Waals surface area contributed by atoms with Crippen molar-refractivity contribution in [3.63, 3.8) is 0 Å². The number of hydrogen-bond acceptors (Lipinski definition) is 4. The summed E-state index contributed by atoms with van der Waals surface area (Å²) >= 11 is 0. The highest BCUT2D eigenvalue weighted by molar-refractivity contribution is 7.89. The average molecular weight is 423 g/mol. The van der Waals surface area contributed by atoms with Crippen molar-refractivity contribution >= 4 is 33.2 Å². The van der Waals surface area contributed by atoms with Crippen LogP contribution in [0.2, 0.25) is 0 Å². The fraction of sp³-hybridized carbons (Fsp3) is 0.263. The van der Waals surface area contributed by atoms with Crippen molar-refractivity contribution in [3.8, 4) is 0 Å². The summed E-state index contributed by atoms with van der Waals surface area (Å²) in [6, 6.07) is 7.02. The third-order valence-electron chi connectivity index (χ3n) is 4.70. The summed E-state index contributed by atoms with van der Waals surface area (Å²) in [5.74, 6) is -3.95. The van der Waals surface area contributed by atoms with Crippen molar-refractivity contribution in [2.75, 3.05) is 16.8 Å². The lowest BCUT2D eigenvalue weighted by Crippen LogP contribution is -2.33. The van der Waals surface area contributed by atoms with Crippen LogP contribution in [0, 0.1) is 17.6 Å². The van der Waals surface area contributed by atoms with E-state index >= 15 is 0 Å². The standard InChI is InChI=1S/C19H19F2N3O4S/c1-2-11-3-4-14(10-17(11)29(22,27)28)23-18(25)16-5-6-24(19(16)26)15-8-12(20)7-13(21)9-15/h3-4,7-10,16H,2,5-6H2,1H3,(H,23,25)(H2,22,27,28). The van der Waals surface area contributed by atoms with Gasteiger partial charge in [-0.1, -0.05) is 13.0 Å². The van der Waals surface area contributed by atoms with Crippen molar-refractivity contribution < 1.29 is 26.8 Å². The van der Waals surface area contributed by atoms with E-state index in [4.69, 9.17) is 5.14 Å². The molecule has 0 saturated carbocycles. The molecule has 7 nitrogen and oxygen atoms in total. The zero-order chi connectivity index (χ0) is 21.3. The molecule has 1 aliphatic rings. The number of nitrogens with zero attached hydrogens (tertiary/aromatic N) is 1. The van der Waals surface area contributed by atoms with E-state index in [1.54, 1.807) is 6.92 Å². The summed E-state index contributed by atoms with van der Waals surface area (Å²) in [4.78, 5) is 26.2. The van der Waals surface area contributed by atoms with Gasteiger partial charge in [0.1, 0.15) is 17.6 Å². The Bertz CT molecular complexity index is 1070. The van der Waals surface area contributed by atoms with E-state index in [1.807, 2.05) is 0 Å². The molecule has 0 aromatic heterocycles. The predicted molar refractivity (Wildman–Crippen MR) is 103 cm³/mol. The molecule has 1 atom stereocenters. The quantitative estimate of drug-likeness (QED) is 0.718. The van der Waals surface area contributed by atoms with Gasteiger partial charge in [0.25, 0.3) is 0 Å². The molecule has 1 unspecified atom stereocenters. The van der Waals surface area contributed by atoms with Crippen LogP contribution in [0.5, 0.6) is 0 Å². The first-order chi connectivity index (χ1) is 13.6. The zero-order valence-electron chi connectivity index (χ0n) is 15.5. The number of amides is 2. The predicted octanol–water partition coefficient (Wildman–Crippen LogP) is 2.17. The minimum atomic E-state index is -3.98. The molecule has 1 saturated heterocycles. The van der Waals surface area contributed by atoms with E-state index in [0.717, 1.165) is 17.0 Å². The minimum Gasteiger partial charge on any atom is -0.325 e. The van der Waals surface area contributed by atoms with Crippen LogP contribution in [0.3, 0.4) is 0 Å². The second-order valence-electron chi connectivity index (χ2n) is 6.67. The van der Waals surface area contributed by atoms with E-state index in [2.05, 4.69) is 5.32 Å². The molecule has 2 aromatic rings. The summed E-state index contributed by atoms with van der Waals surface area (Å²) in [5, 5.41) is 7.74. The molecule has 2 amide bonds. The Kier molecular flexibility index (Phi) is 5.67. The van der Waals surface area contributed by atoms with Gasteiger partial charge in [0.15, 0.2) is 0 Å². The fourth-order valence-electron chi connectivity index (χ4n) is 3.29. The molecule has 3 N–H and O–H groups in total. The number of rotatable bonds is 5. The first-order valence-corrected chi connectivity index (χ1v) is 10.4. The van der Waals surface area contributed by atoms with Crippen molar-refractivity contribution in [3.05, 3.63) is 53.6 Å². The van der Waals surface area contributed by atoms with Crippen LogP contribution < -0.4 is 15.4 Å². The molecule has 154 valence electrons. The van der Waals surface area contributed by atoms with Gasteiger partial charge in [0.2, 0.25) is 21.8 Å². The van der Waals surface area contributed by atoms with Gasteiger partial charge in [0, 0.05) is 24.0 Å². The number of sulfonamides is 1. The fourth-order valence-corrected chi connectivity index (χ4v) is 4.16. The maximum Gasteiger partial charge on any atom is 0.239 e. The molecule has 3 rings (SSSR count). The van der Waals surface area contributed by atoms with Gasteiger partial charge in [-0.3, -0.25) is 9.59 Å². The topological polar surface area (TPSA) is 110 Å². The maximum atomic E-state index is 13.4. The number of carbonyl (C=O) groups is 2. The largest absolute Gasteiger partial charge is 0.325 e. The lowest BCUT2D eigenvalue weighted by molar-refractivity contribution is -0.129. The van der Waals surface area contributed by atoms with Crippen LogP contribution in [0.4, 0.5) is 20.2 Å². The number of nitrogens with two attached hydrogens (primary N) is 1. The van der Waals surface area contributed by atoms with Crippen LogP contribution in [0.15, 0.2) is 41.3 Å². The number of aryl methyl sites for hydroxylation is 1. The van der Waals surface area contributed by atoms with E-state index < -0.39 is 39.4 Å². The van der Waals surface area contributed by atoms with E-state index in [9.17, 15) is 26.8 Å². The minimum absolute atomic E-state index is 0.0339. The number of halogens is 2. The van der Waals surface area contributed by atoms with Gasteiger partial charge in [-0.05, 0) is 42.7 Å². The van der Waals surface area contributed by atoms with Gasteiger partial charge in [0.05, 0.1) is 4.90 Å². The molecule has 0 aliphatic carbocycles.